The molecule has 0 radical (unpaired) electrons. The molecule has 2 nitrogen and oxygen atoms in total. The zero-order chi connectivity index (χ0) is 14.4. The molecule has 0 saturated heterocycles. The molecule has 0 aliphatic heterocycles. The molecular weight excluding hydrogens is 279 g/mol. The van der Waals surface area contributed by atoms with Gasteiger partial charge in [-0.25, -0.2) is 4.39 Å². The normalized spacial score (nSPS) is 10.6. The van der Waals surface area contributed by atoms with Crippen LogP contribution in [0.3, 0.4) is 0 Å². The molecule has 4 heteroatoms. The van der Waals surface area contributed by atoms with E-state index in [9.17, 15) is 4.39 Å². The Kier molecular flexibility index (Phi) is 5.39. The Morgan fingerprint density at radius 1 is 1.10 bits per heavy atom. The second-order valence-corrected chi connectivity index (χ2v) is 4.87. The highest BCUT2D eigenvalue weighted by Gasteiger charge is 2.07. The van der Waals surface area contributed by atoms with Crippen molar-refractivity contribution in [3.8, 4) is 5.75 Å². The van der Waals surface area contributed by atoms with E-state index in [1.54, 1.807) is 12.1 Å². The second-order valence-electron chi connectivity index (χ2n) is 4.46. The van der Waals surface area contributed by atoms with Crippen LogP contribution in [0.5, 0.6) is 5.75 Å². The van der Waals surface area contributed by atoms with Crippen LogP contribution in [0.25, 0.3) is 0 Å². The fraction of sp³-hybridized carbons (Fsp3) is 0.250. The smallest absolute Gasteiger partial charge is 0.131 e. The van der Waals surface area contributed by atoms with Crippen molar-refractivity contribution in [1.82, 2.24) is 0 Å². The minimum absolute atomic E-state index is 0.0987. The third-order valence-corrected chi connectivity index (χ3v) is 3.35. The standard InChI is InChI=1S/C16H16ClFO2/c17-15-4-1-5-16(18)14(15)11-20-13-8-6-12(7-9-13)3-2-10-19/h1,4-9,19H,2-3,10-11H2. The van der Waals surface area contributed by atoms with Gasteiger partial charge in [-0.05, 0) is 42.7 Å². The highest BCUT2D eigenvalue weighted by Crippen LogP contribution is 2.21. The number of hydrogen-bond donors (Lipinski definition) is 1. The molecule has 0 spiro atoms. The topological polar surface area (TPSA) is 29.5 Å². The molecule has 0 fully saturated rings. The Hall–Kier alpha value is -1.58. The molecule has 0 aliphatic carbocycles. The summed E-state index contributed by atoms with van der Waals surface area (Å²) in [4.78, 5) is 0. The molecule has 0 amide bonds. The van der Waals surface area contributed by atoms with Gasteiger partial charge in [0.15, 0.2) is 0 Å². The molecule has 0 saturated carbocycles. The lowest BCUT2D eigenvalue weighted by Gasteiger charge is -2.09. The summed E-state index contributed by atoms with van der Waals surface area (Å²) in [7, 11) is 0. The Morgan fingerprint density at radius 3 is 2.50 bits per heavy atom. The average Bonchev–Trinajstić information content (AvgIpc) is 2.46. The van der Waals surface area contributed by atoms with Gasteiger partial charge in [0.2, 0.25) is 0 Å². The van der Waals surface area contributed by atoms with Crippen molar-refractivity contribution in [1.29, 1.82) is 0 Å². The largest absolute Gasteiger partial charge is 0.489 e. The zero-order valence-corrected chi connectivity index (χ0v) is 11.7. The van der Waals surface area contributed by atoms with Crippen molar-refractivity contribution in [3.63, 3.8) is 0 Å². The van der Waals surface area contributed by atoms with Gasteiger partial charge in [0, 0.05) is 12.2 Å². The number of rotatable bonds is 6. The number of hydrogen-bond acceptors (Lipinski definition) is 2. The van der Waals surface area contributed by atoms with Crippen LogP contribution in [0.2, 0.25) is 5.02 Å². The predicted octanol–water partition coefficient (Wildman–Crippen LogP) is 3.98. The van der Waals surface area contributed by atoms with Crippen LogP contribution in [-0.4, -0.2) is 11.7 Å². The maximum atomic E-state index is 13.6. The van der Waals surface area contributed by atoms with Crippen molar-refractivity contribution in [2.45, 2.75) is 19.4 Å². The summed E-state index contributed by atoms with van der Waals surface area (Å²) in [6.07, 6.45) is 1.57. The third-order valence-electron chi connectivity index (χ3n) is 2.99. The van der Waals surface area contributed by atoms with E-state index >= 15 is 0 Å². The predicted molar refractivity (Wildman–Crippen MR) is 77.6 cm³/mol. The van der Waals surface area contributed by atoms with E-state index in [0.717, 1.165) is 18.4 Å². The Bertz CT molecular complexity index is 535. The van der Waals surface area contributed by atoms with Gasteiger partial charge in [0.1, 0.15) is 18.2 Å². The highest BCUT2D eigenvalue weighted by molar-refractivity contribution is 6.31. The van der Waals surface area contributed by atoms with Crippen LogP contribution in [-0.2, 0) is 13.0 Å². The minimum atomic E-state index is -0.364. The quantitative estimate of drug-likeness (QED) is 0.873. The van der Waals surface area contributed by atoms with Crippen LogP contribution in [0.1, 0.15) is 17.5 Å². The summed E-state index contributed by atoms with van der Waals surface area (Å²) >= 11 is 5.93. The van der Waals surface area contributed by atoms with E-state index in [0.29, 0.717) is 16.3 Å². The molecule has 0 atom stereocenters. The van der Waals surface area contributed by atoms with Gasteiger partial charge < -0.3 is 9.84 Å². The molecule has 0 aliphatic rings. The van der Waals surface area contributed by atoms with Crippen LogP contribution in [0, 0.1) is 5.82 Å². The van der Waals surface area contributed by atoms with E-state index in [4.69, 9.17) is 21.4 Å². The van der Waals surface area contributed by atoms with Crippen molar-refractivity contribution >= 4 is 11.6 Å². The van der Waals surface area contributed by atoms with Crippen molar-refractivity contribution in [2.75, 3.05) is 6.61 Å². The van der Waals surface area contributed by atoms with Crippen LogP contribution >= 0.6 is 11.6 Å². The summed E-state index contributed by atoms with van der Waals surface area (Å²) in [6, 6.07) is 12.1. The molecule has 2 aromatic rings. The first-order chi connectivity index (χ1) is 9.70. The minimum Gasteiger partial charge on any atom is -0.489 e. The molecule has 106 valence electrons. The van der Waals surface area contributed by atoms with Crippen molar-refractivity contribution in [2.24, 2.45) is 0 Å². The first-order valence-electron chi connectivity index (χ1n) is 6.46. The third kappa shape index (κ3) is 3.95. The van der Waals surface area contributed by atoms with E-state index in [-0.39, 0.29) is 19.0 Å². The highest BCUT2D eigenvalue weighted by atomic mass is 35.5. The van der Waals surface area contributed by atoms with E-state index in [2.05, 4.69) is 0 Å². The van der Waals surface area contributed by atoms with Crippen molar-refractivity contribution < 1.29 is 14.2 Å². The average molecular weight is 295 g/mol. The lowest BCUT2D eigenvalue weighted by Crippen LogP contribution is -1.99. The fourth-order valence-corrected chi connectivity index (χ4v) is 2.08. The zero-order valence-electron chi connectivity index (χ0n) is 11.0. The molecule has 1 N–H and O–H groups in total. The Labute approximate surface area is 122 Å². The van der Waals surface area contributed by atoms with Crippen LogP contribution < -0.4 is 4.74 Å². The van der Waals surface area contributed by atoms with Gasteiger partial charge in [-0.3, -0.25) is 0 Å². The summed E-state index contributed by atoms with van der Waals surface area (Å²) in [6.45, 7) is 0.283. The molecular formula is C16H16ClFO2. The van der Waals surface area contributed by atoms with Gasteiger partial charge in [-0.2, -0.15) is 0 Å². The molecule has 0 unspecified atom stereocenters. The number of halogens is 2. The number of ether oxygens (including phenoxy) is 1. The van der Waals surface area contributed by atoms with Gasteiger partial charge in [-0.1, -0.05) is 29.8 Å². The van der Waals surface area contributed by atoms with Gasteiger partial charge in [-0.15, -0.1) is 0 Å². The molecule has 0 aromatic heterocycles. The second kappa shape index (κ2) is 7.27. The van der Waals surface area contributed by atoms with E-state index in [1.165, 1.54) is 6.07 Å². The van der Waals surface area contributed by atoms with Crippen LogP contribution in [0.15, 0.2) is 42.5 Å². The fourth-order valence-electron chi connectivity index (χ4n) is 1.86. The summed E-state index contributed by atoms with van der Waals surface area (Å²) < 4.78 is 19.1. The first-order valence-corrected chi connectivity index (χ1v) is 6.84. The molecule has 2 aromatic carbocycles. The molecule has 0 bridgehead atoms. The van der Waals surface area contributed by atoms with Gasteiger partial charge >= 0.3 is 0 Å². The summed E-state index contributed by atoms with van der Waals surface area (Å²) in [5.41, 5.74) is 1.49. The SMILES string of the molecule is OCCCc1ccc(OCc2c(F)cccc2Cl)cc1. The number of aliphatic hydroxyl groups is 1. The Morgan fingerprint density at radius 2 is 1.85 bits per heavy atom. The molecule has 0 heterocycles. The lowest BCUT2D eigenvalue weighted by molar-refractivity contribution is 0.288. The maximum Gasteiger partial charge on any atom is 0.131 e. The summed E-state index contributed by atoms with van der Waals surface area (Å²) in [5.74, 6) is 0.300. The maximum absolute atomic E-state index is 13.6. The van der Waals surface area contributed by atoms with Crippen molar-refractivity contribution in [3.05, 3.63) is 64.4 Å². The number of aliphatic hydroxyl groups excluding tert-OH is 1. The van der Waals surface area contributed by atoms with Gasteiger partial charge in [0.25, 0.3) is 0 Å². The molecule has 2 rings (SSSR count). The molecule has 20 heavy (non-hydrogen) atoms. The monoisotopic (exact) mass is 294 g/mol. The van der Waals surface area contributed by atoms with E-state index < -0.39 is 0 Å². The number of benzene rings is 2. The first kappa shape index (κ1) is 14.8. The van der Waals surface area contributed by atoms with Gasteiger partial charge in [0.05, 0.1) is 5.02 Å². The number of aryl methyl sites for hydroxylation is 1. The Balaban J connectivity index is 1.97. The summed E-state index contributed by atoms with van der Waals surface area (Å²) in [5, 5.41) is 9.14. The van der Waals surface area contributed by atoms with E-state index in [1.807, 2.05) is 24.3 Å². The van der Waals surface area contributed by atoms with Crippen LogP contribution in [0.4, 0.5) is 4.39 Å². The lowest BCUT2D eigenvalue weighted by atomic mass is 10.1.